The van der Waals surface area contributed by atoms with E-state index in [1.807, 2.05) is 63.7 Å². The van der Waals surface area contributed by atoms with Gasteiger partial charge in [-0.1, -0.05) is 42.5 Å². The number of thioether (sulfide) groups is 1. The van der Waals surface area contributed by atoms with Crippen LogP contribution in [0.1, 0.15) is 21.5 Å². The van der Waals surface area contributed by atoms with E-state index in [-0.39, 0.29) is 5.91 Å². The average Bonchev–Trinajstić information content (AvgIpc) is 3.21. The highest BCUT2D eigenvalue weighted by atomic mass is 32.2. The molecule has 3 aromatic carbocycles. The number of carbonyl (C=O) groups excluding carboxylic acids is 2. The molecule has 0 fully saturated rings. The first-order chi connectivity index (χ1) is 16.4. The lowest BCUT2D eigenvalue weighted by Gasteiger charge is -2.19. The first-order valence-corrected chi connectivity index (χ1v) is 12.2. The summed E-state index contributed by atoms with van der Waals surface area (Å²) in [6, 6.07) is 23.5. The number of hydrogen-bond acceptors (Lipinski definition) is 4. The lowest BCUT2D eigenvalue weighted by Crippen LogP contribution is -2.37. The van der Waals surface area contributed by atoms with Crippen LogP contribution in [0.2, 0.25) is 0 Å². The topological polar surface area (TPSA) is 54.3 Å². The summed E-state index contributed by atoms with van der Waals surface area (Å²) >= 11 is 1.58. The Bertz CT molecular complexity index is 1300. The molecule has 1 aromatic heterocycles. The minimum Gasteiger partial charge on any atom is -0.377 e. The summed E-state index contributed by atoms with van der Waals surface area (Å²) in [6.07, 6.45) is 3.61. The average molecular weight is 472 g/mol. The Balaban J connectivity index is 1.44. The van der Waals surface area contributed by atoms with Crippen molar-refractivity contribution in [3.8, 4) is 0 Å². The molecule has 1 heterocycles. The van der Waals surface area contributed by atoms with Crippen LogP contribution < -0.4 is 10.2 Å². The number of aryl methyl sites for hydroxylation is 1. The van der Waals surface area contributed by atoms with E-state index in [2.05, 4.69) is 45.1 Å². The van der Waals surface area contributed by atoms with Gasteiger partial charge in [-0.25, -0.2) is 0 Å². The summed E-state index contributed by atoms with van der Waals surface area (Å²) in [5.41, 5.74) is 5.03. The quantitative estimate of drug-likeness (QED) is 0.278. The predicted molar refractivity (Wildman–Crippen MR) is 141 cm³/mol. The second kappa shape index (κ2) is 10.6. The van der Waals surface area contributed by atoms with Crippen molar-refractivity contribution < 1.29 is 9.59 Å². The molecule has 34 heavy (non-hydrogen) atoms. The molecule has 5 nitrogen and oxygen atoms in total. The lowest BCUT2D eigenvalue weighted by atomic mass is 10.0. The molecule has 1 atom stereocenters. The third-order valence-corrected chi connectivity index (χ3v) is 6.95. The second-order valence-electron chi connectivity index (χ2n) is 8.59. The van der Waals surface area contributed by atoms with Crippen LogP contribution in [0, 0.1) is 0 Å². The maximum absolute atomic E-state index is 12.9. The number of amides is 1. The molecular formula is C28H29N3O2S. The molecule has 0 unspecified atom stereocenters. The van der Waals surface area contributed by atoms with Gasteiger partial charge >= 0.3 is 0 Å². The number of anilines is 1. The van der Waals surface area contributed by atoms with Crippen molar-refractivity contribution in [2.75, 3.05) is 24.7 Å². The number of benzene rings is 3. The number of nitrogens with one attached hydrogen (secondary N) is 1. The maximum Gasteiger partial charge on any atom is 0.251 e. The van der Waals surface area contributed by atoms with Crippen LogP contribution in [0.5, 0.6) is 0 Å². The summed E-state index contributed by atoms with van der Waals surface area (Å²) in [7, 11) is 6.04. The number of aromatic nitrogens is 1. The molecule has 0 bridgehead atoms. The zero-order valence-electron chi connectivity index (χ0n) is 19.7. The van der Waals surface area contributed by atoms with E-state index >= 15 is 0 Å². The highest BCUT2D eigenvalue weighted by Gasteiger charge is 2.16. The van der Waals surface area contributed by atoms with Crippen molar-refractivity contribution >= 4 is 40.5 Å². The Morgan fingerprint density at radius 1 is 1.03 bits per heavy atom. The van der Waals surface area contributed by atoms with Crippen molar-refractivity contribution in [3.05, 3.63) is 95.7 Å². The van der Waals surface area contributed by atoms with Crippen LogP contribution in [-0.2, 0) is 18.3 Å². The summed E-state index contributed by atoms with van der Waals surface area (Å²) in [4.78, 5) is 27.8. The third-order valence-electron chi connectivity index (χ3n) is 5.79. The van der Waals surface area contributed by atoms with Crippen molar-refractivity contribution in [2.24, 2.45) is 7.05 Å². The first-order valence-electron chi connectivity index (χ1n) is 11.2. The van der Waals surface area contributed by atoms with Crippen LogP contribution in [0.15, 0.2) is 83.9 Å². The van der Waals surface area contributed by atoms with Gasteiger partial charge < -0.3 is 19.6 Å². The molecule has 0 spiro atoms. The monoisotopic (exact) mass is 471 g/mol. The Morgan fingerprint density at radius 3 is 2.53 bits per heavy atom. The molecule has 6 heteroatoms. The molecule has 0 aliphatic rings. The van der Waals surface area contributed by atoms with Crippen LogP contribution in [-0.4, -0.2) is 42.7 Å². The van der Waals surface area contributed by atoms with Gasteiger partial charge in [-0.2, -0.15) is 0 Å². The molecule has 174 valence electrons. The van der Waals surface area contributed by atoms with Gasteiger partial charge in [-0.3, -0.25) is 4.79 Å². The largest absolute Gasteiger partial charge is 0.377 e. The fourth-order valence-corrected chi connectivity index (χ4v) is 5.06. The summed E-state index contributed by atoms with van der Waals surface area (Å²) < 4.78 is 2.08. The molecule has 4 rings (SSSR count). The zero-order valence-corrected chi connectivity index (χ0v) is 20.5. The van der Waals surface area contributed by atoms with Gasteiger partial charge in [0, 0.05) is 54.5 Å². The molecular weight excluding hydrogens is 442 g/mol. The number of nitrogens with zero attached hydrogens (tertiary/aromatic N) is 2. The molecule has 1 amide bonds. The summed E-state index contributed by atoms with van der Waals surface area (Å²) in [5.74, 6) is 0.216. The fourth-order valence-electron chi connectivity index (χ4n) is 3.95. The van der Waals surface area contributed by atoms with E-state index in [0.717, 1.165) is 34.4 Å². The Morgan fingerprint density at radius 2 is 1.79 bits per heavy atom. The van der Waals surface area contributed by atoms with Crippen LogP contribution in [0.4, 0.5) is 5.69 Å². The molecule has 1 N–H and O–H groups in total. The Hall–Kier alpha value is -3.51. The van der Waals surface area contributed by atoms with Crippen molar-refractivity contribution in [2.45, 2.75) is 17.4 Å². The number of carbonyl (C=O) groups is 2. The van der Waals surface area contributed by atoms with Gasteiger partial charge in [0.15, 0.2) is 0 Å². The molecule has 0 saturated carbocycles. The van der Waals surface area contributed by atoms with Gasteiger partial charge in [0.2, 0.25) is 0 Å². The second-order valence-corrected chi connectivity index (χ2v) is 9.65. The van der Waals surface area contributed by atoms with Gasteiger partial charge in [0.25, 0.3) is 5.91 Å². The van der Waals surface area contributed by atoms with Gasteiger partial charge in [-0.05, 0) is 47.9 Å². The first kappa shape index (κ1) is 23.6. The highest BCUT2D eigenvalue weighted by molar-refractivity contribution is 7.99. The van der Waals surface area contributed by atoms with E-state index in [1.165, 1.54) is 10.9 Å². The fraction of sp³-hybridized carbons (Fsp3) is 0.214. The van der Waals surface area contributed by atoms with E-state index in [0.29, 0.717) is 11.3 Å². The number of rotatable bonds is 9. The molecule has 0 saturated heterocycles. The van der Waals surface area contributed by atoms with Crippen molar-refractivity contribution in [1.82, 2.24) is 9.88 Å². The third kappa shape index (κ3) is 5.51. The van der Waals surface area contributed by atoms with E-state index in [4.69, 9.17) is 0 Å². The predicted octanol–water partition coefficient (Wildman–Crippen LogP) is 4.92. The number of hydrogen-bond donors (Lipinski definition) is 1. The minimum atomic E-state index is -0.589. The molecule has 0 aliphatic heterocycles. The van der Waals surface area contributed by atoms with Gasteiger partial charge in [0.05, 0.1) is 11.7 Å². The maximum atomic E-state index is 12.9. The van der Waals surface area contributed by atoms with E-state index in [9.17, 15) is 9.59 Å². The minimum absolute atomic E-state index is 0.238. The van der Waals surface area contributed by atoms with Gasteiger partial charge in [0.1, 0.15) is 6.29 Å². The smallest absolute Gasteiger partial charge is 0.251 e. The van der Waals surface area contributed by atoms with Crippen molar-refractivity contribution in [1.29, 1.82) is 0 Å². The van der Waals surface area contributed by atoms with Gasteiger partial charge in [-0.15, -0.1) is 11.8 Å². The number of fused-ring (bicyclic) bond motifs is 1. The van der Waals surface area contributed by atoms with Crippen LogP contribution >= 0.6 is 11.8 Å². The van der Waals surface area contributed by atoms with Crippen LogP contribution in [0.3, 0.4) is 0 Å². The Labute approximate surface area is 204 Å². The number of aldehydes is 1. The summed E-state index contributed by atoms with van der Waals surface area (Å²) in [5, 5.41) is 4.06. The standard InChI is InChI=1S/C28H29N3O2S/c1-30(2)26-16-22-12-13-31(3)25(22)17-27(26)34-19-24(18-32)29-28(33)23-11-7-10-21(15-23)14-20-8-5-4-6-9-20/h4-13,15-18,24H,14,19H2,1-3H3,(H,29,33)/t24-/m1/s1. The summed E-state index contributed by atoms with van der Waals surface area (Å²) in [6.45, 7) is 0. The SMILES string of the molecule is CN(C)c1cc2ccn(C)c2cc1SC[C@@H](C=O)NC(=O)c1cccc(Cc2ccccc2)c1. The van der Waals surface area contributed by atoms with Crippen LogP contribution in [0.25, 0.3) is 10.9 Å². The lowest BCUT2D eigenvalue weighted by molar-refractivity contribution is -0.109. The molecule has 0 radical (unpaired) electrons. The molecule has 0 aliphatic carbocycles. The van der Waals surface area contributed by atoms with Crippen molar-refractivity contribution in [3.63, 3.8) is 0 Å². The zero-order chi connectivity index (χ0) is 24.1. The van der Waals surface area contributed by atoms with E-state index in [1.54, 1.807) is 17.8 Å². The normalized spacial score (nSPS) is 11.9. The van der Waals surface area contributed by atoms with E-state index < -0.39 is 6.04 Å². The Kier molecular flexibility index (Phi) is 7.38. The molecule has 4 aromatic rings. The highest BCUT2D eigenvalue weighted by Crippen LogP contribution is 2.34.